The first-order chi connectivity index (χ1) is 17.2. The van der Waals surface area contributed by atoms with E-state index < -0.39 is 11.7 Å². The Bertz CT molecular complexity index is 1090. The summed E-state index contributed by atoms with van der Waals surface area (Å²) in [5.74, 6) is -0.0997. The second-order valence-corrected chi connectivity index (χ2v) is 10.2. The van der Waals surface area contributed by atoms with Crippen LogP contribution in [0.3, 0.4) is 0 Å². The molecule has 0 spiro atoms. The highest BCUT2D eigenvalue weighted by Crippen LogP contribution is 2.21. The minimum atomic E-state index is -0.587. The first kappa shape index (κ1) is 27.0. The van der Waals surface area contributed by atoms with E-state index >= 15 is 0 Å². The van der Waals surface area contributed by atoms with Crippen LogP contribution >= 0.6 is 0 Å². The molecule has 3 aromatic carbocycles. The normalized spacial score (nSPS) is 12.9. The van der Waals surface area contributed by atoms with E-state index in [0.717, 1.165) is 24.0 Å². The zero-order valence-corrected chi connectivity index (χ0v) is 21.8. The Labute approximate surface area is 215 Å². The highest BCUT2D eigenvalue weighted by atomic mass is 16.6. The Balaban J connectivity index is 1.75. The molecule has 36 heavy (non-hydrogen) atoms. The van der Waals surface area contributed by atoms with E-state index in [0.29, 0.717) is 18.4 Å². The van der Waals surface area contributed by atoms with Gasteiger partial charge in [-0.3, -0.25) is 4.79 Å². The molecular weight excluding hydrogens is 448 g/mol. The van der Waals surface area contributed by atoms with Crippen molar-refractivity contribution in [2.45, 2.75) is 71.1 Å². The molecule has 2 atom stereocenters. The van der Waals surface area contributed by atoms with Gasteiger partial charge in [0, 0.05) is 17.6 Å². The van der Waals surface area contributed by atoms with Gasteiger partial charge in [0.1, 0.15) is 5.60 Å². The van der Waals surface area contributed by atoms with Gasteiger partial charge >= 0.3 is 6.09 Å². The molecule has 0 bridgehead atoms. The second-order valence-electron chi connectivity index (χ2n) is 10.2. The van der Waals surface area contributed by atoms with Crippen LogP contribution in [0.4, 0.5) is 4.79 Å². The molecule has 0 unspecified atom stereocenters. The average Bonchev–Trinajstić information content (AvgIpc) is 2.84. The van der Waals surface area contributed by atoms with Gasteiger partial charge in [-0.25, -0.2) is 4.79 Å². The van der Waals surface area contributed by atoms with Crippen LogP contribution in [0.15, 0.2) is 84.9 Å². The van der Waals surface area contributed by atoms with Gasteiger partial charge in [0.05, 0.1) is 0 Å². The number of amides is 2. The molecule has 2 N–H and O–H groups in total. The number of carbonyl (C=O) groups excluding carboxylic acids is 2. The van der Waals surface area contributed by atoms with Gasteiger partial charge in [-0.2, -0.15) is 0 Å². The largest absolute Gasteiger partial charge is 0.444 e. The van der Waals surface area contributed by atoms with Gasteiger partial charge in [-0.05, 0) is 68.9 Å². The number of hydrogen-bond donors (Lipinski definition) is 2. The van der Waals surface area contributed by atoms with E-state index in [9.17, 15) is 9.59 Å². The van der Waals surface area contributed by atoms with Crippen molar-refractivity contribution in [1.82, 2.24) is 10.6 Å². The summed E-state index contributed by atoms with van der Waals surface area (Å²) in [5.41, 5.74) is 3.47. The molecule has 5 heteroatoms. The van der Waals surface area contributed by atoms with Crippen molar-refractivity contribution in [3.05, 3.63) is 96.1 Å². The third-order valence-electron chi connectivity index (χ3n) is 5.84. The van der Waals surface area contributed by atoms with Gasteiger partial charge in [0.2, 0.25) is 0 Å². The molecule has 0 aromatic heterocycles. The van der Waals surface area contributed by atoms with Crippen LogP contribution in [-0.2, 0) is 11.2 Å². The van der Waals surface area contributed by atoms with Crippen molar-refractivity contribution in [2.24, 2.45) is 0 Å². The number of nitrogens with one attached hydrogen (secondary N) is 2. The Morgan fingerprint density at radius 3 is 1.94 bits per heavy atom. The van der Waals surface area contributed by atoms with E-state index in [1.807, 2.05) is 69.3 Å². The van der Waals surface area contributed by atoms with Crippen LogP contribution in [0.1, 0.15) is 62.9 Å². The lowest BCUT2D eigenvalue weighted by Gasteiger charge is -2.27. The zero-order chi connectivity index (χ0) is 26.0. The van der Waals surface area contributed by atoms with Crippen molar-refractivity contribution < 1.29 is 14.3 Å². The van der Waals surface area contributed by atoms with E-state index in [2.05, 4.69) is 54.0 Å². The maximum atomic E-state index is 12.8. The summed E-state index contributed by atoms with van der Waals surface area (Å²) in [6.07, 6.45) is 2.53. The first-order valence-electron chi connectivity index (χ1n) is 12.7. The van der Waals surface area contributed by atoms with Crippen molar-refractivity contribution in [3.63, 3.8) is 0 Å². The standard InChI is InChI=1S/C31H38N2O3/c1-5-12-27(32-29(34)26-15-10-7-11-16-26)22-28(33-30(35)36-31(2,3)4)21-23-17-19-25(20-18-23)24-13-8-6-9-14-24/h6-11,13-20,27-28H,5,12,21-22H2,1-4H3,(H,32,34)(H,33,35)/t27-,28+/m1/s1. The lowest BCUT2D eigenvalue weighted by Crippen LogP contribution is -2.45. The van der Waals surface area contributed by atoms with Crippen molar-refractivity contribution >= 4 is 12.0 Å². The summed E-state index contributed by atoms with van der Waals surface area (Å²) in [6.45, 7) is 7.65. The maximum Gasteiger partial charge on any atom is 0.407 e. The molecule has 0 saturated heterocycles. The van der Waals surface area contributed by atoms with Gasteiger partial charge < -0.3 is 15.4 Å². The van der Waals surface area contributed by atoms with Crippen LogP contribution in [-0.4, -0.2) is 29.7 Å². The Morgan fingerprint density at radius 2 is 1.36 bits per heavy atom. The van der Waals surface area contributed by atoms with Crippen LogP contribution < -0.4 is 10.6 Å². The van der Waals surface area contributed by atoms with Gasteiger partial charge in [0.25, 0.3) is 5.91 Å². The van der Waals surface area contributed by atoms with Crippen LogP contribution in [0.5, 0.6) is 0 Å². The Hall–Kier alpha value is -3.60. The lowest BCUT2D eigenvalue weighted by molar-refractivity contribution is 0.0499. The predicted molar refractivity (Wildman–Crippen MR) is 146 cm³/mol. The van der Waals surface area contributed by atoms with Gasteiger partial charge in [0.15, 0.2) is 0 Å². The predicted octanol–water partition coefficient (Wildman–Crippen LogP) is 6.78. The summed E-state index contributed by atoms with van der Waals surface area (Å²) >= 11 is 0. The number of carbonyl (C=O) groups is 2. The van der Waals surface area contributed by atoms with E-state index in [4.69, 9.17) is 4.74 Å². The quantitative estimate of drug-likeness (QED) is 0.332. The second kappa shape index (κ2) is 12.9. The van der Waals surface area contributed by atoms with Crippen molar-refractivity contribution in [2.75, 3.05) is 0 Å². The average molecular weight is 487 g/mol. The first-order valence-corrected chi connectivity index (χ1v) is 12.7. The van der Waals surface area contributed by atoms with Gasteiger partial charge in [-0.1, -0.05) is 86.1 Å². The molecule has 0 aliphatic carbocycles. The summed E-state index contributed by atoms with van der Waals surface area (Å²) in [6, 6.07) is 27.6. The SMILES string of the molecule is CCC[C@H](C[C@H](Cc1ccc(-c2ccccc2)cc1)NC(=O)OC(C)(C)C)NC(=O)c1ccccc1. The van der Waals surface area contributed by atoms with Crippen molar-refractivity contribution in [1.29, 1.82) is 0 Å². The minimum Gasteiger partial charge on any atom is -0.444 e. The topological polar surface area (TPSA) is 67.4 Å². The van der Waals surface area contributed by atoms with E-state index in [1.54, 1.807) is 0 Å². The molecule has 0 aliphatic rings. The van der Waals surface area contributed by atoms with Crippen molar-refractivity contribution in [3.8, 4) is 11.1 Å². The van der Waals surface area contributed by atoms with E-state index in [1.165, 1.54) is 5.56 Å². The summed E-state index contributed by atoms with van der Waals surface area (Å²) in [4.78, 5) is 25.5. The fourth-order valence-electron chi connectivity index (χ4n) is 4.22. The molecule has 0 radical (unpaired) electrons. The minimum absolute atomic E-state index is 0.0776. The highest BCUT2D eigenvalue weighted by molar-refractivity contribution is 5.94. The maximum absolute atomic E-state index is 12.8. The fraction of sp³-hybridized carbons (Fsp3) is 0.355. The number of alkyl carbamates (subject to hydrolysis) is 1. The van der Waals surface area contributed by atoms with Crippen LogP contribution in [0.25, 0.3) is 11.1 Å². The molecule has 0 fully saturated rings. The zero-order valence-electron chi connectivity index (χ0n) is 21.8. The fourth-order valence-corrected chi connectivity index (χ4v) is 4.22. The summed E-state index contributed by atoms with van der Waals surface area (Å²) in [7, 11) is 0. The monoisotopic (exact) mass is 486 g/mol. The third kappa shape index (κ3) is 8.88. The Morgan fingerprint density at radius 1 is 0.778 bits per heavy atom. The highest BCUT2D eigenvalue weighted by Gasteiger charge is 2.23. The Kier molecular flexibility index (Phi) is 9.69. The molecule has 5 nitrogen and oxygen atoms in total. The molecule has 3 rings (SSSR count). The van der Waals surface area contributed by atoms with E-state index in [-0.39, 0.29) is 18.0 Å². The smallest absolute Gasteiger partial charge is 0.407 e. The summed E-state index contributed by atoms with van der Waals surface area (Å²) in [5, 5.41) is 6.23. The number of benzene rings is 3. The van der Waals surface area contributed by atoms with Gasteiger partial charge in [-0.15, -0.1) is 0 Å². The molecule has 0 heterocycles. The lowest BCUT2D eigenvalue weighted by atomic mass is 9.95. The molecule has 2 amide bonds. The third-order valence-corrected chi connectivity index (χ3v) is 5.84. The molecule has 0 aliphatic heterocycles. The molecule has 3 aromatic rings. The van der Waals surface area contributed by atoms with Crippen LogP contribution in [0, 0.1) is 0 Å². The number of rotatable bonds is 10. The number of hydrogen-bond acceptors (Lipinski definition) is 3. The number of ether oxygens (including phenoxy) is 1. The summed E-state index contributed by atoms with van der Waals surface area (Å²) < 4.78 is 5.54. The molecule has 0 saturated carbocycles. The molecule has 190 valence electrons. The van der Waals surface area contributed by atoms with Crippen LogP contribution in [0.2, 0.25) is 0 Å². The molecular formula is C31H38N2O3.